The summed E-state index contributed by atoms with van der Waals surface area (Å²) in [6.07, 6.45) is 0.443. The van der Waals surface area contributed by atoms with Crippen LogP contribution in [0.3, 0.4) is 0 Å². The van der Waals surface area contributed by atoms with Crippen molar-refractivity contribution >= 4 is 21.6 Å². The predicted octanol–water partition coefficient (Wildman–Crippen LogP) is 0.339. The molecule has 2 N–H and O–H groups in total. The van der Waals surface area contributed by atoms with Gasteiger partial charge in [0, 0.05) is 5.54 Å². The summed E-state index contributed by atoms with van der Waals surface area (Å²) in [6.45, 7) is 4.74. The Morgan fingerprint density at radius 2 is 1.68 bits per heavy atom. The van der Waals surface area contributed by atoms with Gasteiger partial charge in [0.05, 0.1) is 44.5 Å². The molecule has 0 rings (SSSR count). The standard InChI is InChI=1S/C11H24ClNO5S/c1-11(2,13-12)3-9-19(15,16)10-8-18-7-6-17-5-4-14/h13-14H,3-10H2,1-2H3. The predicted molar refractivity (Wildman–Crippen MR) is 75.1 cm³/mol. The fourth-order valence-corrected chi connectivity index (χ4v) is 2.62. The van der Waals surface area contributed by atoms with Crippen LogP contribution in [-0.4, -0.2) is 63.6 Å². The van der Waals surface area contributed by atoms with Gasteiger partial charge in [0.1, 0.15) is 0 Å². The molecule has 0 bridgehead atoms. The van der Waals surface area contributed by atoms with Gasteiger partial charge in [-0.15, -0.1) is 0 Å². The number of hydrogen-bond acceptors (Lipinski definition) is 6. The SMILES string of the molecule is CC(C)(CCS(=O)(=O)CCOCCOCCO)NCl. The molecule has 6 nitrogen and oxygen atoms in total. The fraction of sp³-hybridized carbons (Fsp3) is 1.00. The Morgan fingerprint density at radius 3 is 2.21 bits per heavy atom. The van der Waals surface area contributed by atoms with E-state index in [-0.39, 0.29) is 31.3 Å². The fourth-order valence-electron chi connectivity index (χ4n) is 1.13. The molecular weight excluding hydrogens is 294 g/mol. The first-order chi connectivity index (χ1) is 8.83. The van der Waals surface area contributed by atoms with E-state index in [4.69, 9.17) is 26.4 Å². The van der Waals surface area contributed by atoms with Crippen molar-refractivity contribution in [1.29, 1.82) is 0 Å². The normalized spacial score (nSPS) is 12.8. The van der Waals surface area contributed by atoms with Crippen molar-refractivity contribution in [1.82, 2.24) is 4.84 Å². The average Bonchev–Trinajstić information content (AvgIpc) is 2.36. The number of hydrogen-bond donors (Lipinski definition) is 2. The number of sulfone groups is 1. The van der Waals surface area contributed by atoms with Gasteiger partial charge in [-0.2, -0.15) is 0 Å². The van der Waals surface area contributed by atoms with Gasteiger partial charge in [-0.1, -0.05) is 0 Å². The van der Waals surface area contributed by atoms with Crippen LogP contribution in [0.4, 0.5) is 0 Å². The van der Waals surface area contributed by atoms with Gasteiger partial charge in [0.2, 0.25) is 0 Å². The smallest absolute Gasteiger partial charge is 0.152 e. The van der Waals surface area contributed by atoms with Crippen molar-refractivity contribution in [3.63, 3.8) is 0 Å². The quantitative estimate of drug-likeness (QED) is 0.399. The largest absolute Gasteiger partial charge is 0.394 e. The molecule has 116 valence electrons. The van der Waals surface area contributed by atoms with Crippen LogP contribution in [0.1, 0.15) is 20.3 Å². The number of halogens is 1. The van der Waals surface area contributed by atoms with Crippen molar-refractivity contribution in [2.75, 3.05) is 44.5 Å². The Bertz CT molecular complexity index is 321. The monoisotopic (exact) mass is 317 g/mol. The molecule has 0 radical (unpaired) electrons. The highest BCUT2D eigenvalue weighted by Gasteiger charge is 2.20. The maximum Gasteiger partial charge on any atom is 0.152 e. The second-order valence-corrected chi connectivity index (χ2v) is 7.32. The summed E-state index contributed by atoms with van der Waals surface area (Å²) in [6, 6.07) is 0. The second-order valence-electron chi connectivity index (χ2n) is 4.83. The van der Waals surface area contributed by atoms with Crippen LogP contribution in [0.25, 0.3) is 0 Å². The van der Waals surface area contributed by atoms with E-state index in [1.807, 2.05) is 13.8 Å². The van der Waals surface area contributed by atoms with Gasteiger partial charge in [0.25, 0.3) is 0 Å². The van der Waals surface area contributed by atoms with E-state index in [0.717, 1.165) is 0 Å². The van der Waals surface area contributed by atoms with Gasteiger partial charge < -0.3 is 14.6 Å². The lowest BCUT2D eigenvalue weighted by Gasteiger charge is -2.21. The van der Waals surface area contributed by atoms with Crippen molar-refractivity contribution in [2.45, 2.75) is 25.8 Å². The number of ether oxygens (including phenoxy) is 2. The van der Waals surface area contributed by atoms with Crippen LogP contribution in [0.5, 0.6) is 0 Å². The molecule has 0 unspecified atom stereocenters. The zero-order valence-electron chi connectivity index (χ0n) is 11.5. The average molecular weight is 318 g/mol. The molecule has 0 heterocycles. The highest BCUT2D eigenvalue weighted by atomic mass is 35.5. The first-order valence-corrected chi connectivity index (χ1v) is 8.37. The summed E-state index contributed by atoms with van der Waals surface area (Å²) < 4.78 is 33.5. The summed E-state index contributed by atoms with van der Waals surface area (Å²) in [4.78, 5) is 2.55. The number of rotatable bonds is 12. The minimum absolute atomic E-state index is 0.00857. The van der Waals surface area contributed by atoms with Gasteiger partial charge in [0.15, 0.2) is 9.84 Å². The summed E-state index contributed by atoms with van der Waals surface area (Å²) >= 11 is 5.51. The maximum atomic E-state index is 11.7. The van der Waals surface area contributed by atoms with Crippen molar-refractivity contribution < 1.29 is 23.0 Å². The third-order valence-electron chi connectivity index (χ3n) is 2.44. The summed E-state index contributed by atoms with van der Waals surface area (Å²) in [7, 11) is -3.13. The molecule has 0 aliphatic carbocycles. The molecule has 0 spiro atoms. The number of nitrogens with one attached hydrogen (secondary N) is 1. The van der Waals surface area contributed by atoms with E-state index in [1.54, 1.807) is 0 Å². The van der Waals surface area contributed by atoms with Gasteiger partial charge >= 0.3 is 0 Å². The maximum absolute atomic E-state index is 11.7. The minimum atomic E-state index is -3.13. The highest BCUT2D eigenvalue weighted by Crippen LogP contribution is 2.11. The molecule has 0 saturated heterocycles. The first kappa shape index (κ1) is 19.1. The highest BCUT2D eigenvalue weighted by molar-refractivity contribution is 7.91. The molecule has 0 amide bonds. The number of aliphatic hydroxyl groups is 1. The molecule has 0 aromatic carbocycles. The Labute approximate surface area is 120 Å². The molecule has 0 fully saturated rings. The molecule has 19 heavy (non-hydrogen) atoms. The summed E-state index contributed by atoms with van der Waals surface area (Å²) in [5, 5.41) is 8.46. The van der Waals surface area contributed by atoms with Crippen LogP contribution in [0.2, 0.25) is 0 Å². The van der Waals surface area contributed by atoms with Crippen LogP contribution in [0.15, 0.2) is 0 Å². The van der Waals surface area contributed by atoms with Crippen molar-refractivity contribution in [3.05, 3.63) is 0 Å². The first-order valence-electron chi connectivity index (χ1n) is 6.17. The molecule has 0 atom stereocenters. The molecule has 0 aromatic heterocycles. The zero-order valence-corrected chi connectivity index (χ0v) is 13.1. The molecule has 0 aromatic rings. The molecule has 8 heteroatoms. The van der Waals surface area contributed by atoms with Crippen LogP contribution < -0.4 is 4.84 Å². The summed E-state index contributed by atoms with van der Waals surface area (Å²) in [5.41, 5.74) is -0.409. The Balaban J connectivity index is 3.68. The van der Waals surface area contributed by atoms with Gasteiger partial charge in [-0.25, -0.2) is 13.3 Å². The third kappa shape index (κ3) is 11.6. The van der Waals surface area contributed by atoms with Crippen molar-refractivity contribution in [2.24, 2.45) is 0 Å². The molecule has 0 saturated carbocycles. The van der Waals surface area contributed by atoms with Crippen LogP contribution >= 0.6 is 11.8 Å². The lowest BCUT2D eigenvalue weighted by Crippen LogP contribution is -2.35. The third-order valence-corrected chi connectivity index (χ3v) is 4.57. The molecular formula is C11H24ClNO5S. The molecule has 0 aliphatic rings. The Hall–Kier alpha value is 0.0800. The topological polar surface area (TPSA) is 84.9 Å². The molecule has 0 aliphatic heterocycles. The van der Waals surface area contributed by atoms with E-state index in [0.29, 0.717) is 19.6 Å². The lowest BCUT2D eigenvalue weighted by atomic mass is 10.0. The van der Waals surface area contributed by atoms with E-state index >= 15 is 0 Å². The number of aliphatic hydroxyl groups excluding tert-OH is 1. The summed E-state index contributed by atoms with van der Waals surface area (Å²) in [5.74, 6) is 0.0649. The Morgan fingerprint density at radius 1 is 1.11 bits per heavy atom. The Kier molecular flexibility index (Phi) is 9.94. The van der Waals surface area contributed by atoms with Crippen LogP contribution in [-0.2, 0) is 19.3 Å². The minimum Gasteiger partial charge on any atom is -0.394 e. The second kappa shape index (κ2) is 9.90. The van der Waals surface area contributed by atoms with E-state index in [9.17, 15) is 8.42 Å². The van der Waals surface area contributed by atoms with Gasteiger partial charge in [-0.05, 0) is 32.0 Å². The van der Waals surface area contributed by atoms with Crippen LogP contribution in [0, 0.1) is 0 Å². The van der Waals surface area contributed by atoms with Gasteiger partial charge in [-0.3, -0.25) is 0 Å². The van der Waals surface area contributed by atoms with E-state index < -0.39 is 15.4 Å². The van der Waals surface area contributed by atoms with Crippen molar-refractivity contribution in [3.8, 4) is 0 Å². The van der Waals surface area contributed by atoms with E-state index in [2.05, 4.69) is 4.84 Å². The lowest BCUT2D eigenvalue weighted by molar-refractivity contribution is 0.0375. The zero-order chi connectivity index (χ0) is 14.8. The van der Waals surface area contributed by atoms with E-state index in [1.165, 1.54) is 0 Å².